The van der Waals surface area contributed by atoms with Crippen LogP contribution in [0.25, 0.3) is 0 Å². The minimum Gasteiger partial charge on any atom is -0.508 e. The Morgan fingerprint density at radius 3 is 1.88 bits per heavy atom. The largest absolute Gasteiger partial charge is 0.508 e. The number of carboxylic acids is 1. The van der Waals surface area contributed by atoms with Crippen LogP contribution in [0.4, 0.5) is 0 Å². The molecule has 5 amide bonds. The number of nitrogens with one attached hydrogen (secondary N) is 3. The van der Waals surface area contributed by atoms with Gasteiger partial charge in [0.05, 0.1) is 12.5 Å². The molecule has 1 aromatic carbocycles. The minimum atomic E-state index is -1.61. The zero-order chi connectivity index (χ0) is 31.1. The lowest BCUT2D eigenvalue weighted by molar-refractivity contribution is -0.142. The molecular formula is C24H37N9O8. The molecule has 226 valence electrons. The average Bonchev–Trinajstić information content (AvgIpc) is 2.88. The highest BCUT2D eigenvalue weighted by Gasteiger charge is 2.31. The second-order valence-corrected chi connectivity index (χ2v) is 9.12. The van der Waals surface area contributed by atoms with Crippen molar-refractivity contribution < 1.29 is 39.0 Å². The van der Waals surface area contributed by atoms with Gasteiger partial charge in [0.15, 0.2) is 5.96 Å². The maximum absolute atomic E-state index is 13.2. The van der Waals surface area contributed by atoms with E-state index < -0.39 is 66.1 Å². The molecule has 0 aliphatic heterocycles. The van der Waals surface area contributed by atoms with Crippen LogP contribution in [0, 0.1) is 0 Å². The number of phenols is 1. The first-order valence-corrected chi connectivity index (χ1v) is 12.5. The van der Waals surface area contributed by atoms with E-state index in [4.69, 9.17) is 28.7 Å². The second kappa shape index (κ2) is 16.9. The fourth-order valence-corrected chi connectivity index (χ4v) is 3.53. The number of hydrogen-bond donors (Lipinski definition) is 10. The molecule has 17 heteroatoms. The van der Waals surface area contributed by atoms with Gasteiger partial charge in [-0.3, -0.25) is 29.0 Å². The van der Waals surface area contributed by atoms with Crippen LogP contribution < -0.4 is 44.6 Å². The summed E-state index contributed by atoms with van der Waals surface area (Å²) in [5.41, 5.74) is 27.5. The highest BCUT2D eigenvalue weighted by atomic mass is 16.4. The molecule has 0 heterocycles. The van der Waals surface area contributed by atoms with Crippen molar-refractivity contribution in [3.05, 3.63) is 29.8 Å². The van der Waals surface area contributed by atoms with E-state index in [0.717, 1.165) is 0 Å². The molecule has 0 saturated heterocycles. The third kappa shape index (κ3) is 13.6. The van der Waals surface area contributed by atoms with Crippen molar-refractivity contribution in [2.24, 2.45) is 33.7 Å². The number of guanidine groups is 1. The van der Waals surface area contributed by atoms with Crippen molar-refractivity contribution in [3.63, 3.8) is 0 Å². The van der Waals surface area contributed by atoms with Crippen molar-refractivity contribution in [2.45, 2.75) is 62.7 Å². The number of nitrogens with zero attached hydrogens (tertiary/aromatic N) is 1. The summed E-state index contributed by atoms with van der Waals surface area (Å²) in [5, 5.41) is 25.7. The van der Waals surface area contributed by atoms with Gasteiger partial charge in [0.1, 0.15) is 23.9 Å². The Labute approximate surface area is 235 Å². The van der Waals surface area contributed by atoms with Gasteiger partial charge in [-0.15, -0.1) is 0 Å². The molecule has 41 heavy (non-hydrogen) atoms. The summed E-state index contributed by atoms with van der Waals surface area (Å²) < 4.78 is 0. The first-order valence-electron chi connectivity index (χ1n) is 12.5. The average molecular weight is 580 g/mol. The van der Waals surface area contributed by atoms with E-state index in [9.17, 15) is 39.0 Å². The molecule has 0 aliphatic carbocycles. The fourth-order valence-electron chi connectivity index (χ4n) is 3.53. The van der Waals surface area contributed by atoms with Gasteiger partial charge in [0.25, 0.3) is 0 Å². The van der Waals surface area contributed by atoms with E-state index >= 15 is 0 Å². The zero-order valence-corrected chi connectivity index (χ0v) is 22.2. The first-order chi connectivity index (χ1) is 19.2. The van der Waals surface area contributed by atoms with Crippen molar-refractivity contribution >= 4 is 41.5 Å². The van der Waals surface area contributed by atoms with Gasteiger partial charge in [-0.05, 0) is 43.4 Å². The van der Waals surface area contributed by atoms with Crippen molar-refractivity contribution in [1.29, 1.82) is 0 Å². The number of primary amides is 2. The van der Waals surface area contributed by atoms with E-state index in [1.54, 1.807) is 12.1 Å². The number of aliphatic imine (C=N–C) groups is 1. The Morgan fingerprint density at radius 1 is 0.780 bits per heavy atom. The van der Waals surface area contributed by atoms with Crippen LogP contribution in [0.5, 0.6) is 5.75 Å². The maximum atomic E-state index is 13.2. The Morgan fingerprint density at radius 2 is 1.34 bits per heavy atom. The van der Waals surface area contributed by atoms with Gasteiger partial charge >= 0.3 is 5.97 Å². The molecule has 0 spiro atoms. The van der Waals surface area contributed by atoms with Crippen LogP contribution in [-0.2, 0) is 35.2 Å². The van der Waals surface area contributed by atoms with Crippen molar-refractivity contribution in [2.75, 3.05) is 6.54 Å². The number of nitrogens with two attached hydrogens (primary N) is 5. The topological polar surface area (TPSA) is 321 Å². The quantitative estimate of drug-likeness (QED) is 0.0453. The molecule has 0 aromatic heterocycles. The number of carbonyl (C=O) groups excluding carboxylic acids is 5. The third-order valence-electron chi connectivity index (χ3n) is 5.64. The van der Waals surface area contributed by atoms with E-state index in [1.165, 1.54) is 12.1 Å². The van der Waals surface area contributed by atoms with Gasteiger partial charge in [-0.1, -0.05) is 12.1 Å². The molecule has 1 aromatic rings. The van der Waals surface area contributed by atoms with Crippen LogP contribution in [0.3, 0.4) is 0 Å². The molecule has 17 nitrogen and oxygen atoms in total. The zero-order valence-electron chi connectivity index (χ0n) is 22.2. The summed E-state index contributed by atoms with van der Waals surface area (Å²) in [4.78, 5) is 76.8. The second-order valence-electron chi connectivity index (χ2n) is 9.12. The Hall–Kier alpha value is -4.93. The van der Waals surface area contributed by atoms with E-state index in [1.807, 2.05) is 0 Å². The highest BCUT2D eigenvalue weighted by Crippen LogP contribution is 2.11. The normalized spacial score (nSPS) is 13.5. The third-order valence-corrected chi connectivity index (χ3v) is 5.64. The predicted octanol–water partition coefficient (Wildman–Crippen LogP) is -4.00. The summed E-state index contributed by atoms with van der Waals surface area (Å²) in [7, 11) is 0. The van der Waals surface area contributed by atoms with E-state index in [-0.39, 0.29) is 50.4 Å². The van der Waals surface area contributed by atoms with Gasteiger partial charge in [-0.2, -0.15) is 0 Å². The number of carboxylic acid groups (broad SMARTS) is 1. The van der Waals surface area contributed by atoms with Crippen molar-refractivity contribution in [1.82, 2.24) is 16.0 Å². The number of hydrogen-bond acceptors (Lipinski definition) is 9. The molecule has 15 N–H and O–H groups in total. The summed E-state index contributed by atoms with van der Waals surface area (Å²) in [6, 6.07) is 0.466. The summed E-state index contributed by atoms with van der Waals surface area (Å²) in [5.74, 6) is -6.09. The monoisotopic (exact) mass is 579 g/mol. The Balaban J connectivity index is 3.05. The molecule has 0 radical (unpaired) electrons. The number of carbonyl (C=O) groups is 6. The summed E-state index contributed by atoms with van der Waals surface area (Å²) in [6.07, 6.45) is -1.11. The number of aromatic hydroxyl groups is 1. The molecule has 0 saturated carbocycles. The van der Waals surface area contributed by atoms with Gasteiger partial charge in [0, 0.05) is 13.0 Å². The standard InChI is InChI=1S/C24H37N9O8/c25-14(10-12-3-5-13(34)6-4-12)20(37)31-15(2-1-9-30-24(28)29)21(38)33-17(11-19(27)36)22(39)32-16(23(40)41)7-8-18(26)35/h3-6,14-17,34H,1-2,7-11,25H2,(H2,26,35)(H2,27,36)(H,31,37)(H,32,39)(H,33,38)(H,40,41)(H4,28,29,30). The molecule has 4 unspecified atom stereocenters. The fraction of sp³-hybridized carbons (Fsp3) is 0.458. The van der Waals surface area contributed by atoms with E-state index in [0.29, 0.717) is 5.56 Å². The molecule has 4 atom stereocenters. The molecule has 0 aliphatic rings. The molecule has 1 rings (SSSR count). The van der Waals surface area contributed by atoms with Crippen LogP contribution in [-0.4, -0.2) is 82.4 Å². The number of aliphatic carboxylic acids is 1. The van der Waals surface area contributed by atoms with Gasteiger partial charge < -0.3 is 54.8 Å². The van der Waals surface area contributed by atoms with Crippen LogP contribution in [0.1, 0.15) is 37.7 Å². The van der Waals surface area contributed by atoms with Gasteiger partial charge in [0.2, 0.25) is 29.5 Å². The number of phenolic OH excluding ortho intramolecular Hbond substituents is 1. The first kappa shape index (κ1) is 34.1. The van der Waals surface area contributed by atoms with Crippen LogP contribution in [0.15, 0.2) is 29.3 Å². The van der Waals surface area contributed by atoms with Gasteiger partial charge in [-0.25, -0.2) is 4.79 Å². The Kier molecular flexibility index (Phi) is 14.1. The maximum Gasteiger partial charge on any atom is 0.326 e. The van der Waals surface area contributed by atoms with Crippen LogP contribution in [0.2, 0.25) is 0 Å². The summed E-state index contributed by atoms with van der Waals surface area (Å²) >= 11 is 0. The Bertz CT molecular complexity index is 1120. The predicted molar refractivity (Wildman–Crippen MR) is 145 cm³/mol. The SMILES string of the molecule is NC(=O)CCC(NC(=O)C(CC(N)=O)NC(=O)C(CCCN=C(N)N)NC(=O)C(N)Cc1ccc(O)cc1)C(=O)O. The smallest absolute Gasteiger partial charge is 0.326 e. The lowest BCUT2D eigenvalue weighted by Gasteiger charge is -2.24. The number of rotatable bonds is 18. The molecule has 0 bridgehead atoms. The minimum absolute atomic E-state index is 0.0123. The summed E-state index contributed by atoms with van der Waals surface area (Å²) in [6.45, 7) is 0.104. The highest BCUT2D eigenvalue weighted by molar-refractivity contribution is 5.96. The number of amides is 5. The number of benzene rings is 1. The molecule has 0 fully saturated rings. The molecular weight excluding hydrogens is 542 g/mol. The van der Waals surface area contributed by atoms with Crippen molar-refractivity contribution in [3.8, 4) is 5.75 Å². The lowest BCUT2D eigenvalue weighted by Crippen LogP contribution is -2.58. The van der Waals surface area contributed by atoms with Crippen LogP contribution >= 0.6 is 0 Å². The van der Waals surface area contributed by atoms with E-state index in [2.05, 4.69) is 20.9 Å². The lowest BCUT2D eigenvalue weighted by atomic mass is 10.0.